The Balaban J connectivity index is 2.32. The molecule has 0 saturated heterocycles. The summed E-state index contributed by atoms with van der Waals surface area (Å²) in [7, 11) is 0. The van der Waals surface area contributed by atoms with Gasteiger partial charge in [0.2, 0.25) is 0 Å². The van der Waals surface area contributed by atoms with E-state index < -0.39 is 0 Å². The second kappa shape index (κ2) is 5.63. The van der Waals surface area contributed by atoms with E-state index in [1.54, 1.807) is 4.68 Å². The SMILES string of the molecule is CCCC(N)c1cn(-c2cccc(Br)c2C)nn1. The second-order valence-corrected chi connectivity index (χ2v) is 5.22. The van der Waals surface area contributed by atoms with E-state index in [1.165, 1.54) is 0 Å². The van der Waals surface area contributed by atoms with E-state index in [4.69, 9.17) is 5.73 Å². The lowest BCUT2D eigenvalue weighted by Crippen LogP contribution is -2.10. The molecule has 2 aromatic rings. The Morgan fingerprint density at radius 2 is 2.22 bits per heavy atom. The molecule has 18 heavy (non-hydrogen) atoms. The summed E-state index contributed by atoms with van der Waals surface area (Å²) >= 11 is 3.52. The molecule has 1 atom stereocenters. The molecule has 1 unspecified atom stereocenters. The maximum absolute atomic E-state index is 6.04. The number of aromatic nitrogens is 3. The highest BCUT2D eigenvalue weighted by Crippen LogP contribution is 2.23. The van der Waals surface area contributed by atoms with Gasteiger partial charge in [0.1, 0.15) is 0 Å². The summed E-state index contributed by atoms with van der Waals surface area (Å²) in [6, 6.07) is 5.99. The summed E-state index contributed by atoms with van der Waals surface area (Å²) in [5, 5.41) is 8.31. The van der Waals surface area contributed by atoms with Crippen LogP contribution in [0.1, 0.15) is 37.1 Å². The van der Waals surface area contributed by atoms with Gasteiger partial charge < -0.3 is 5.73 Å². The first-order valence-corrected chi connectivity index (χ1v) is 6.86. The molecule has 0 aliphatic carbocycles. The average molecular weight is 309 g/mol. The molecular formula is C13H17BrN4. The number of halogens is 1. The van der Waals surface area contributed by atoms with Crippen LogP contribution in [0.4, 0.5) is 0 Å². The minimum Gasteiger partial charge on any atom is -0.323 e. The van der Waals surface area contributed by atoms with E-state index in [0.717, 1.165) is 34.3 Å². The summed E-state index contributed by atoms with van der Waals surface area (Å²) in [5.74, 6) is 0. The molecule has 1 heterocycles. The number of nitrogens with two attached hydrogens (primary N) is 1. The van der Waals surface area contributed by atoms with Crippen molar-refractivity contribution in [2.75, 3.05) is 0 Å². The molecule has 1 aromatic carbocycles. The number of rotatable bonds is 4. The maximum atomic E-state index is 6.04. The Bertz CT molecular complexity index is 536. The molecule has 2 rings (SSSR count). The zero-order valence-corrected chi connectivity index (χ0v) is 12.2. The Kier molecular flexibility index (Phi) is 4.14. The van der Waals surface area contributed by atoms with Gasteiger partial charge in [0, 0.05) is 4.47 Å². The predicted molar refractivity (Wildman–Crippen MR) is 75.6 cm³/mol. The molecule has 0 saturated carbocycles. The quantitative estimate of drug-likeness (QED) is 0.944. The molecule has 0 aliphatic rings. The monoisotopic (exact) mass is 308 g/mol. The highest BCUT2D eigenvalue weighted by atomic mass is 79.9. The zero-order valence-electron chi connectivity index (χ0n) is 10.6. The van der Waals surface area contributed by atoms with Gasteiger partial charge in [-0.15, -0.1) is 5.10 Å². The molecule has 4 nitrogen and oxygen atoms in total. The number of nitrogens with zero attached hydrogens (tertiary/aromatic N) is 3. The van der Waals surface area contributed by atoms with Crippen molar-refractivity contribution < 1.29 is 0 Å². The topological polar surface area (TPSA) is 56.7 Å². The fraction of sp³-hybridized carbons (Fsp3) is 0.385. The first-order valence-electron chi connectivity index (χ1n) is 6.06. The van der Waals surface area contributed by atoms with Crippen molar-refractivity contribution in [3.63, 3.8) is 0 Å². The second-order valence-electron chi connectivity index (χ2n) is 4.37. The summed E-state index contributed by atoms with van der Waals surface area (Å²) in [6.45, 7) is 4.16. The minimum absolute atomic E-state index is 0.0313. The number of hydrogen-bond donors (Lipinski definition) is 1. The van der Waals surface area contributed by atoms with Crippen LogP contribution in [0.3, 0.4) is 0 Å². The minimum atomic E-state index is -0.0313. The average Bonchev–Trinajstić information content (AvgIpc) is 2.82. The van der Waals surface area contributed by atoms with Crippen LogP contribution in [0.25, 0.3) is 5.69 Å². The van der Waals surface area contributed by atoms with E-state index >= 15 is 0 Å². The van der Waals surface area contributed by atoms with Gasteiger partial charge in [0.15, 0.2) is 0 Å². The van der Waals surface area contributed by atoms with Gasteiger partial charge in [-0.3, -0.25) is 0 Å². The third-order valence-corrected chi connectivity index (χ3v) is 3.84. The standard InChI is InChI=1S/C13H17BrN4/c1-3-5-11(15)12-8-18(17-16-12)13-7-4-6-10(14)9(13)2/h4,6-8,11H,3,5,15H2,1-2H3. The third kappa shape index (κ3) is 2.62. The van der Waals surface area contributed by atoms with E-state index in [0.29, 0.717) is 0 Å². The van der Waals surface area contributed by atoms with Crippen LogP contribution in [0.5, 0.6) is 0 Å². The first kappa shape index (κ1) is 13.2. The van der Waals surface area contributed by atoms with Crippen LogP contribution in [0.15, 0.2) is 28.9 Å². The van der Waals surface area contributed by atoms with E-state index in [9.17, 15) is 0 Å². The molecule has 5 heteroatoms. The first-order chi connectivity index (χ1) is 8.63. The van der Waals surface area contributed by atoms with Gasteiger partial charge in [-0.1, -0.05) is 40.6 Å². The van der Waals surface area contributed by atoms with Gasteiger partial charge in [-0.2, -0.15) is 0 Å². The Morgan fingerprint density at radius 3 is 2.94 bits per heavy atom. The molecule has 0 spiro atoms. The number of benzene rings is 1. The molecule has 0 amide bonds. The fourth-order valence-electron chi connectivity index (χ4n) is 1.87. The Morgan fingerprint density at radius 1 is 1.44 bits per heavy atom. The van der Waals surface area contributed by atoms with Crippen LogP contribution < -0.4 is 5.73 Å². The van der Waals surface area contributed by atoms with Crippen molar-refractivity contribution in [2.45, 2.75) is 32.7 Å². The fourth-order valence-corrected chi connectivity index (χ4v) is 2.22. The van der Waals surface area contributed by atoms with Crippen molar-refractivity contribution in [3.05, 3.63) is 40.1 Å². The predicted octanol–water partition coefficient (Wildman–Crippen LogP) is 3.14. The molecule has 96 valence electrons. The molecule has 0 bridgehead atoms. The maximum Gasteiger partial charge on any atom is 0.0998 e. The van der Waals surface area contributed by atoms with Crippen molar-refractivity contribution in [1.82, 2.24) is 15.0 Å². The largest absolute Gasteiger partial charge is 0.323 e. The van der Waals surface area contributed by atoms with Crippen LogP contribution in [-0.2, 0) is 0 Å². The summed E-state index contributed by atoms with van der Waals surface area (Å²) < 4.78 is 2.85. The molecule has 2 N–H and O–H groups in total. The van der Waals surface area contributed by atoms with Crippen molar-refractivity contribution in [3.8, 4) is 5.69 Å². The number of hydrogen-bond acceptors (Lipinski definition) is 3. The highest BCUT2D eigenvalue weighted by molar-refractivity contribution is 9.10. The molecule has 1 aromatic heterocycles. The summed E-state index contributed by atoms with van der Waals surface area (Å²) in [4.78, 5) is 0. The summed E-state index contributed by atoms with van der Waals surface area (Å²) in [6.07, 6.45) is 3.88. The lowest BCUT2D eigenvalue weighted by Gasteiger charge is -2.07. The molecular weight excluding hydrogens is 292 g/mol. The van der Waals surface area contributed by atoms with Crippen molar-refractivity contribution in [2.24, 2.45) is 5.73 Å². The zero-order chi connectivity index (χ0) is 13.1. The van der Waals surface area contributed by atoms with Gasteiger partial charge in [-0.05, 0) is 31.0 Å². The van der Waals surface area contributed by atoms with Crippen LogP contribution in [0, 0.1) is 6.92 Å². The summed E-state index contributed by atoms with van der Waals surface area (Å²) in [5.41, 5.74) is 9.04. The van der Waals surface area contributed by atoms with Crippen LogP contribution in [-0.4, -0.2) is 15.0 Å². The lowest BCUT2D eigenvalue weighted by atomic mass is 10.1. The Hall–Kier alpha value is -1.20. The lowest BCUT2D eigenvalue weighted by molar-refractivity contribution is 0.619. The van der Waals surface area contributed by atoms with Crippen LogP contribution in [0.2, 0.25) is 0 Å². The van der Waals surface area contributed by atoms with Crippen LogP contribution >= 0.6 is 15.9 Å². The Labute approximate surface area is 115 Å². The van der Waals surface area contributed by atoms with Crippen molar-refractivity contribution in [1.29, 1.82) is 0 Å². The van der Waals surface area contributed by atoms with E-state index in [-0.39, 0.29) is 6.04 Å². The van der Waals surface area contributed by atoms with Gasteiger partial charge in [0.05, 0.1) is 23.6 Å². The van der Waals surface area contributed by atoms with Gasteiger partial charge in [-0.25, -0.2) is 4.68 Å². The normalized spacial score (nSPS) is 12.7. The van der Waals surface area contributed by atoms with Crippen molar-refractivity contribution >= 4 is 15.9 Å². The third-order valence-electron chi connectivity index (χ3n) is 2.98. The molecule has 0 fully saturated rings. The van der Waals surface area contributed by atoms with E-state index in [2.05, 4.69) is 33.2 Å². The smallest absolute Gasteiger partial charge is 0.0998 e. The highest BCUT2D eigenvalue weighted by Gasteiger charge is 2.11. The van der Waals surface area contributed by atoms with Gasteiger partial charge >= 0.3 is 0 Å². The van der Waals surface area contributed by atoms with E-state index in [1.807, 2.05) is 31.3 Å². The molecule has 0 radical (unpaired) electrons. The van der Waals surface area contributed by atoms with Gasteiger partial charge in [0.25, 0.3) is 0 Å². The molecule has 0 aliphatic heterocycles.